The molecule has 1 aromatic heterocycles. The molecule has 3 aromatic rings. The maximum Gasteiger partial charge on any atom is 0.340 e. The van der Waals surface area contributed by atoms with Crippen molar-refractivity contribution in [2.45, 2.75) is 0 Å². The van der Waals surface area contributed by atoms with Crippen LogP contribution in [0.4, 0.5) is 5.69 Å². The number of nitrogens with one attached hydrogen (secondary N) is 1. The first-order chi connectivity index (χ1) is 12.6. The van der Waals surface area contributed by atoms with Crippen molar-refractivity contribution in [3.63, 3.8) is 0 Å². The molecule has 1 aliphatic heterocycles. The third kappa shape index (κ3) is 2.39. The molecule has 2 N–H and O–H groups in total. The van der Waals surface area contributed by atoms with Gasteiger partial charge >= 0.3 is 5.97 Å². The third-order valence-corrected chi connectivity index (χ3v) is 4.27. The predicted molar refractivity (Wildman–Crippen MR) is 97.8 cm³/mol. The Morgan fingerprint density at radius 1 is 1.15 bits per heavy atom. The summed E-state index contributed by atoms with van der Waals surface area (Å²) in [5, 5.41) is 11.0. The fourth-order valence-corrected chi connectivity index (χ4v) is 3.02. The molecule has 0 saturated carbocycles. The van der Waals surface area contributed by atoms with E-state index in [0.29, 0.717) is 22.3 Å². The average molecular weight is 346 g/mol. The smallest absolute Gasteiger partial charge is 0.340 e. The van der Waals surface area contributed by atoms with Crippen molar-refractivity contribution in [3.8, 4) is 5.88 Å². The lowest BCUT2D eigenvalue weighted by Crippen LogP contribution is -2.20. The molecule has 6 nitrogen and oxygen atoms in total. The van der Waals surface area contributed by atoms with Crippen molar-refractivity contribution in [3.05, 3.63) is 65.2 Å². The number of hydrogen-bond donors (Lipinski definition) is 2. The number of aliphatic imine (C=N–C) groups is 1. The summed E-state index contributed by atoms with van der Waals surface area (Å²) < 4.78 is 4.84. The number of carbonyl (C=O) groups is 2. The number of aromatic nitrogens is 1. The van der Waals surface area contributed by atoms with E-state index in [0.717, 1.165) is 5.39 Å². The summed E-state index contributed by atoms with van der Waals surface area (Å²) in [4.78, 5) is 32.2. The number of benzene rings is 2. The number of carbonyl (C=O) groups excluding carboxylic acids is 2. The molecule has 4 rings (SSSR count). The highest BCUT2D eigenvalue weighted by molar-refractivity contribution is 6.59. The molecule has 2 aromatic carbocycles. The van der Waals surface area contributed by atoms with Gasteiger partial charge in [-0.15, -0.1) is 0 Å². The highest BCUT2D eigenvalue weighted by atomic mass is 16.5. The topological polar surface area (TPSA) is 91.8 Å². The van der Waals surface area contributed by atoms with E-state index < -0.39 is 5.97 Å². The summed E-state index contributed by atoms with van der Waals surface area (Å²) in [5.41, 5.74) is 2.04. The van der Waals surface area contributed by atoms with Gasteiger partial charge in [0.2, 0.25) is 5.78 Å². The van der Waals surface area contributed by atoms with Gasteiger partial charge in [0.15, 0.2) is 5.88 Å². The molecule has 6 heteroatoms. The molecule has 0 saturated heterocycles. The lowest BCUT2D eigenvalue weighted by molar-refractivity contribution is -0.135. The number of fused-ring (bicyclic) bond motifs is 2. The van der Waals surface area contributed by atoms with E-state index in [2.05, 4.69) is 9.98 Å². The number of methoxy groups -OCH3 is 1. The first-order valence-electron chi connectivity index (χ1n) is 7.92. The zero-order valence-electron chi connectivity index (χ0n) is 13.8. The van der Waals surface area contributed by atoms with Crippen LogP contribution in [0, 0.1) is 0 Å². The Balaban J connectivity index is 1.90. The molecule has 0 aliphatic carbocycles. The molecule has 0 atom stereocenters. The van der Waals surface area contributed by atoms with E-state index >= 15 is 0 Å². The number of H-pyrrole nitrogens is 1. The van der Waals surface area contributed by atoms with Crippen LogP contribution in [0.25, 0.3) is 17.0 Å². The van der Waals surface area contributed by atoms with Gasteiger partial charge in [0.1, 0.15) is 5.71 Å². The average Bonchev–Trinajstić information content (AvgIpc) is 3.16. The molecule has 0 radical (unpaired) electrons. The molecule has 128 valence electrons. The van der Waals surface area contributed by atoms with Crippen LogP contribution in [0.1, 0.15) is 15.9 Å². The van der Waals surface area contributed by atoms with E-state index in [1.807, 2.05) is 12.1 Å². The monoisotopic (exact) mass is 346 g/mol. The largest absolute Gasteiger partial charge is 0.494 e. The highest BCUT2D eigenvalue weighted by Gasteiger charge is 2.31. The second-order valence-electron chi connectivity index (χ2n) is 5.79. The molecule has 26 heavy (non-hydrogen) atoms. The molecule has 0 bridgehead atoms. The number of esters is 1. The first kappa shape index (κ1) is 15.8. The molecule has 0 unspecified atom stereocenters. The molecule has 0 amide bonds. The maximum atomic E-state index is 12.7. The Morgan fingerprint density at radius 2 is 1.88 bits per heavy atom. The number of aromatic hydroxyl groups is 1. The van der Waals surface area contributed by atoms with Crippen molar-refractivity contribution in [2.24, 2.45) is 4.99 Å². The van der Waals surface area contributed by atoms with Gasteiger partial charge in [-0.25, -0.2) is 9.79 Å². The van der Waals surface area contributed by atoms with Crippen LogP contribution in [0.5, 0.6) is 5.88 Å². The number of ketones is 1. The van der Waals surface area contributed by atoms with Gasteiger partial charge in [-0.3, -0.25) is 4.79 Å². The van der Waals surface area contributed by atoms with Crippen molar-refractivity contribution in [2.75, 3.05) is 7.11 Å². The number of nitrogens with zero attached hydrogens (tertiary/aromatic N) is 1. The van der Waals surface area contributed by atoms with E-state index in [-0.39, 0.29) is 22.9 Å². The van der Waals surface area contributed by atoms with E-state index in [1.54, 1.807) is 36.4 Å². The number of rotatable bonds is 3. The van der Waals surface area contributed by atoms with Gasteiger partial charge in [-0.2, -0.15) is 0 Å². The summed E-state index contributed by atoms with van der Waals surface area (Å²) in [6.07, 6.45) is 1.43. The van der Waals surface area contributed by atoms with Gasteiger partial charge in [-0.05, 0) is 24.3 Å². The number of aromatic amines is 1. The van der Waals surface area contributed by atoms with Crippen molar-refractivity contribution in [1.82, 2.24) is 4.98 Å². The van der Waals surface area contributed by atoms with Gasteiger partial charge in [0.25, 0.3) is 0 Å². The molecule has 0 fully saturated rings. The normalized spacial score (nSPS) is 13.7. The molecule has 0 spiro atoms. The summed E-state index contributed by atoms with van der Waals surface area (Å²) in [5.74, 6) is -1.15. The third-order valence-electron chi connectivity index (χ3n) is 4.27. The van der Waals surface area contributed by atoms with Gasteiger partial charge in [0, 0.05) is 22.0 Å². The zero-order chi connectivity index (χ0) is 18.3. The number of ether oxygens (including phenoxy) is 1. The minimum Gasteiger partial charge on any atom is -0.494 e. The summed E-state index contributed by atoms with van der Waals surface area (Å²) in [6, 6.07) is 14.1. The number of para-hydroxylation sites is 2. The Kier molecular flexibility index (Phi) is 3.65. The van der Waals surface area contributed by atoms with Crippen LogP contribution in [-0.2, 0) is 9.53 Å². The minimum absolute atomic E-state index is 0.00253. The maximum absolute atomic E-state index is 12.7. The Labute approximate surface area is 148 Å². The van der Waals surface area contributed by atoms with Crippen LogP contribution in [0.15, 0.2) is 59.1 Å². The molecular formula is C20H14N2O4. The zero-order valence-corrected chi connectivity index (χ0v) is 13.8. The van der Waals surface area contributed by atoms with Gasteiger partial charge < -0.3 is 14.8 Å². The Morgan fingerprint density at radius 3 is 2.65 bits per heavy atom. The van der Waals surface area contributed by atoms with Gasteiger partial charge in [0.05, 0.1) is 18.4 Å². The number of Topliss-reactive ketones (excluding diaryl/α,β-unsaturated/α-hetero) is 1. The summed E-state index contributed by atoms with van der Waals surface area (Å²) in [6.45, 7) is 0. The summed E-state index contributed by atoms with van der Waals surface area (Å²) >= 11 is 0. The predicted octanol–water partition coefficient (Wildman–Crippen LogP) is 3.40. The SMILES string of the molecule is COC(=O)/C(=C/c1c(O)[nH]c2ccccc12)C1=Nc2ccccc2C1=O. The van der Waals surface area contributed by atoms with Crippen LogP contribution in [0.2, 0.25) is 0 Å². The number of hydrogen-bond acceptors (Lipinski definition) is 5. The van der Waals surface area contributed by atoms with Crippen molar-refractivity contribution < 1.29 is 19.4 Å². The molecule has 1 aliphatic rings. The van der Waals surface area contributed by atoms with Crippen LogP contribution in [-0.4, -0.2) is 34.7 Å². The van der Waals surface area contributed by atoms with Gasteiger partial charge in [-0.1, -0.05) is 30.3 Å². The van der Waals surface area contributed by atoms with Crippen molar-refractivity contribution >= 4 is 40.1 Å². The molecule has 2 heterocycles. The lowest BCUT2D eigenvalue weighted by Gasteiger charge is -2.05. The highest BCUT2D eigenvalue weighted by Crippen LogP contribution is 2.33. The second-order valence-corrected chi connectivity index (χ2v) is 5.79. The fraction of sp³-hybridized carbons (Fsp3) is 0.0500. The standard InChI is InChI=1S/C20H14N2O4/c1-26-20(25)14(17-18(23)12-7-3-5-9-16(12)21-17)10-13-11-6-2-4-8-15(11)22-19(13)24/h2-10,22,24H,1H3/b14-10+. The van der Waals surface area contributed by atoms with E-state index in [9.17, 15) is 14.7 Å². The van der Waals surface area contributed by atoms with Crippen molar-refractivity contribution in [1.29, 1.82) is 0 Å². The minimum atomic E-state index is -0.699. The fourth-order valence-electron chi connectivity index (χ4n) is 3.02. The van der Waals surface area contributed by atoms with E-state index in [1.165, 1.54) is 13.2 Å². The van der Waals surface area contributed by atoms with Crippen LogP contribution >= 0.6 is 0 Å². The lowest BCUT2D eigenvalue weighted by atomic mass is 10.0. The second kappa shape index (κ2) is 6.00. The molecular weight excluding hydrogens is 332 g/mol. The van der Waals surface area contributed by atoms with Crippen LogP contribution in [0.3, 0.4) is 0 Å². The quantitative estimate of drug-likeness (QED) is 0.562. The van der Waals surface area contributed by atoms with Crippen LogP contribution < -0.4 is 0 Å². The van der Waals surface area contributed by atoms with E-state index in [4.69, 9.17) is 4.74 Å². The Hall–Kier alpha value is -3.67. The Bertz CT molecular complexity index is 1120. The first-order valence-corrected chi connectivity index (χ1v) is 7.92. The summed E-state index contributed by atoms with van der Waals surface area (Å²) in [7, 11) is 1.23.